The summed E-state index contributed by atoms with van der Waals surface area (Å²) in [6, 6.07) is 0. The third-order valence-electron chi connectivity index (χ3n) is 9.14. The van der Waals surface area contributed by atoms with E-state index in [-0.39, 0.29) is 11.3 Å². The zero-order valence-electron chi connectivity index (χ0n) is 15.6. The number of aliphatic hydroxyl groups is 2. The molecule has 0 aromatic carbocycles. The molecule has 3 nitrogen and oxygen atoms in total. The average molecular weight is 335 g/mol. The minimum absolute atomic E-state index is 0.00872. The fraction of sp³-hybridized carbons (Fsp3) is 0.952. The number of hydrogen-bond donors (Lipinski definition) is 2. The van der Waals surface area contributed by atoms with Gasteiger partial charge >= 0.3 is 0 Å². The SMILES string of the molecule is CC(O)(O)[C@H]1CC[C@H]2[C@@H]3CCC4CC(=O)CC[C@]4(C)[C@H]3CC[C@]12C. The Morgan fingerprint density at radius 2 is 1.67 bits per heavy atom. The van der Waals surface area contributed by atoms with E-state index in [1.54, 1.807) is 6.92 Å². The summed E-state index contributed by atoms with van der Waals surface area (Å²) in [4.78, 5) is 12.0. The maximum atomic E-state index is 12.0. The van der Waals surface area contributed by atoms with Crippen molar-refractivity contribution in [3.05, 3.63) is 0 Å². The first-order chi connectivity index (χ1) is 11.2. The van der Waals surface area contributed by atoms with Crippen LogP contribution in [0, 0.1) is 40.4 Å². The fourth-order valence-electron chi connectivity index (χ4n) is 7.94. The van der Waals surface area contributed by atoms with Gasteiger partial charge in [0.15, 0.2) is 5.79 Å². The van der Waals surface area contributed by atoms with Gasteiger partial charge in [-0.15, -0.1) is 0 Å². The summed E-state index contributed by atoms with van der Waals surface area (Å²) >= 11 is 0. The van der Waals surface area contributed by atoms with E-state index in [1.165, 1.54) is 19.3 Å². The van der Waals surface area contributed by atoms with E-state index >= 15 is 0 Å². The number of carbonyl (C=O) groups excluding carboxylic acids is 1. The Kier molecular flexibility index (Phi) is 3.76. The van der Waals surface area contributed by atoms with E-state index in [0.29, 0.717) is 23.0 Å². The molecule has 4 aliphatic rings. The summed E-state index contributed by atoms with van der Waals surface area (Å²) in [5, 5.41) is 20.6. The van der Waals surface area contributed by atoms with Crippen LogP contribution in [0.2, 0.25) is 0 Å². The molecule has 0 radical (unpaired) electrons. The first kappa shape index (κ1) is 17.0. The molecule has 0 saturated heterocycles. The van der Waals surface area contributed by atoms with Crippen molar-refractivity contribution in [1.82, 2.24) is 0 Å². The normalized spacial score (nSPS) is 51.7. The van der Waals surface area contributed by atoms with Gasteiger partial charge in [-0.2, -0.15) is 0 Å². The molecule has 0 bridgehead atoms. The Labute approximate surface area is 146 Å². The molecule has 0 amide bonds. The zero-order valence-corrected chi connectivity index (χ0v) is 15.6. The fourth-order valence-corrected chi connectivity index (χ4v) is 7.94. The summed E-state index contributed by atoms with van der Waals surface area (Å²) in [6.45, 7) is 6.38. The van der Waals surface area contributed by atoms with Gasteiger partial charge in [-0.3, -0.25) is 4.79 Å². The number of rotatable bonds is 1. The van der Waals surface area contributed by atoms with Crippen LogP contribution in [-0.2, 0) is 4.79 Å². The van der Waals surface area contributed by atoms with E-state index in [1.807, 2.05) is 0 Å². The lowest BCUT2D eigenvalue weighted by Crippen LogP contribution is -2.55. The highest BCUT2D eigenvalue weighted by Crippen LogP contribution is 2.68. The van der Waals surface area contributed by atoms with Crippen molar-refractivity contribution in [1.29, 1.82) is 0 Å². The van der Waals surface area contributed by atoms with E-state index in [4.69, 9.17) is 0 Å². The van der Waals surface area contributed by atoms with Crippen molar-refractivity contribution in [2.45, 2.75) is 84.3 Å². The molecule has 0 aromatic rings. The lowest BCUT2D eigenvalue weighted by molar-refractivity contribution is -0.221. The van der Waals surface area contributed by atoms with Crippen molar-refractivity contribution >= 4 is 5.78 Å². The topological polar surface area (TPSA) is 57.5 Å². The average Bonchev–Trinajstić information content (AvgIpc) is 2.85. The third kappa shape index (κ3) is 2.26. The summed E-state index contributed by atoms with van der Waals surface area (Å²) < 4.78 is 0. The van der Waals surface area contributed by atoms with Gasteiger partial charge in [-0.25, -0.2) is 0 Å². The van der Waals surface area contributed by atoms with Crippen LogP contribution in [0.25, 0.3) is 0 Å². The Bertz CT molecular complexity index is 536. The summed E-state index contributed by atoms with van der Waals surface area (Å²) in [6.07, 6.45) is 9.58. The molecule has 1 unspecified atom stereocenters. The van der Waals surface area contributed by atoms with Crippen molar-refractivity contribution in [3.63, 3.8) is 0 Å². The smallest absolute Gasteiger partial charge is 0.163 e. The quantitative estimate of drug-likeness (QED) is 0.715. The molecular formula is C21H34O3. The second-order valence-corrected chi connectivity index (χ2v) is 10.2. The summed E-state index contributed by atoms with van der Waals surface area (Å²) in [7, 11) is 0. The Hall–Kier alpha value is -0.410. The third-order valence-corrected chi connectivity index (χ3v) is 9.14. The van der Waals surface area contributed by atoms with Crippen LogP contribution in [-0.4, -0.2) is 21.8 Å². The second-order valence-electron chi connectivity index (χ2n) is 10.2. The summed E-state index contributed by atoms with van der Waals surface area (Å²) in [5.74, 6) is 1.64. The Morgan fingerprint density at radius 1 is 0.958 bits per heavy atom. The molecule has 4 saturated carbocycles. The number of carbonyl (C=O) groups is 1. The number of hydrogen-bond acceptors (Lipinski definition) is 3. The second kappa shape index (κ2) is 5.30. The highest BCUT2D eigenvalue weighted by atomic mass is 16.5. The standard InChI is InChI=1S/C21H34O3/c1-19-10-8-14(22)12-13(19)4-5-15-16-6-7-18(21(3,23)24)20(16,2)11-9-17(15)19/h13,15-18,23-24H,4-12H2,1-3H3/t13?,15-,16-,17-,18-,19-,20-/m0/s1. The van der Waals surface area contributed by atoms with Crippen LogP contribution in [0.1, 0.15) is 78.6 Å². The van der Waals surface area contributed by atoms with Crippen LogP contribution < -0.4 is 0 Å². The van der Waals surface area contributed by atoms with Gasteiger partial charge in [0.2, 0.25) is 0 Å². The molecule has 0 spiro atoms. The molecular weight excluding hydrogens is 300 g/mol. The molecule has 3 heteroatoms. The molecule has 24 heavy (non-hydrogen) atoms. The molecule has 0 aromatic heterocycles. The van der Waals surface area contributed by atoms with Crippen LogP contribution >= 0.6 is 0 Å². The highest BCUT2D eigenvalue weighted by Gasteiger charge is 2.62. The molecule has 4 rings (SSSR count). The van der Waals surface area contributed by atoms with Crippen molar-refractivity contribution in [2.24, 2.45) is 40.4 Å². The maximum absolute atomic E-state index is 12.0. The lowest BCUT2D eigenvalue weighted by atomic mass is 9.44. The zero-order chi connectivity index (χ0) is 17.3. The molecule has 4 fully saturated rings. The number of ketones is 1. The van der Waals surface area contributed by atoms with Crippen LogP contribution in [0.5, 0.6) is 0 Å². The predicted molar refractivity (Wildman–Crippen MR) is 93.1 cm³/mol. The van der Waals surface area contributed by atoms with Gasteiger partial charge in [0.05, 0.1) is 0 Å². The van der Waals surface area contributed by atoms with Crippen molar-refractivity contribution < 1.29 is 15.0 Å². The summed E-state index contributed by atoms with van der Waals surface area (Å²) in [5.41, 5.74) is 0.422. The lowest BCUT2D eigenvalue weighted by Gasteiger charge is -2.60. The van der Waals surface area contributed by atoms with E-state index in [9.17, 15) is 15.0 Å². The molecule has 0 aliphatic heterocycles. The van der Waals surface area contributed by atoms with E-state index in [0.717, 1.165) is 50.4 Å². The first-order valence-corrected chi connectivity index (χ1v) is 10.1. The minimum atomic E-state index is -1.55. The van der Waals surface area contributed by atoms with Gasteiger partial charge in [0, 0.05) is 18.8 Å². The molecule has 0 heterocycles. The minimum Gasteiger partial charge on any atom is -0.366 e. The van der Waals surface area contributed by atoms with E-state index in [2.05, 4.69) is 13.8 Å². The monoisotopic (exact) mass is 334 g/mol. The van der Waals surface area contributed by atoms with Gasteiger partial charge in [-0.05, 0) is 86.4 Å². The molecule has 4 aliphatic carbocycles. The molecule has 136 valence electrons. The first-order valence-electron chi connectivity index (χ1n) is 10.1. The van der Waals surface area contributed by atoms with E-state index < -0.39 is 5.79 Å². The maximum Gasteiger partial charge on any atom is 0.163 e. The highest BCUT2D eigenvalue weighted by molar-refractivity contribution is 5.79. The predicted octanol–water partition coefficient (Wildman–Crippen LogP) is 3.92. The van der Waals surface area contributed by atoms with Crippen LogP contribution in [0.3, 0.4) is 0 Å². The number of fused-ring (bicyclic) bond motifs is 5. The Morgan fingerprint density at radius 3 is 2.38 bits per heavy atom. The largest absolute Gasteiger partial charge is 0.366 e. The van der Waals surface area contributed by atoms with Crippen molar-refractivity contribution in [2.75, 3.05) is 0 Å². The number of Topliss-reactive ketones (excluding diaryl/α,β-unsaturated/α-hetero) is 1. The molecule has 2 N–H and O–H groups in total. The van der Waals surface area contributed by atoms with Gasteiger partial charge < -0.3 is 10.2 Å². The van der Waals surface area contributed by atoms with Crippen LogP contribution in [0.4, 0.5) is 0 Å². The van der Waals surface area contributed by atoms with Gasteiger partial charge in [0.1, 0.15) is 5.78 Å². The van der Waals surface area contributed by atoms with Gasteiger partial charge in [-0.1, -0.05) is 13.8 Å². The Balaban J connectivity index is 1.62. The van der Waals surface area contributed by atoms with Gasteiger partial charge in [0.25, 0.3) is 0 Å². The molecule has 7 atom stereocenters. The van der Waals surface area contributed by atoms with Crippen molar-refractivity contribution in [3.8, 4) is 0 Å². The van der Waals surface area contributed by atoms with Crippen LogP contribution in [0.15, 0.2) is 0 Å².